The lowest BCUT2D eigenvalue weighted by molar-refractivity contribution is -0.148. The lowest BCUT2D eigenvalue weighted by Crippen LogP contribution is -2.55. The molecule has 4 aliphatic carbocycles. The number of hydrogen-bond acceptors (Lipinski definition) is 3. The summed E-state index contributed by atoms with van der Waals surface area (Å²) in [4.78, 5) is 12.4. The highest BCUT2D eigenvalue weighted by atomic mass is 31.2. The Morgan fingerprint density at radius 1 is 0.933 bits per heavy atom. The number of fused-ring (bicyclic) bond motifs is 5. The van der Waals surface area contributed by atoms with Gasteiger partial charge in [-0.1, -0.05) is 20.8 Å². The van der Waals surface area contributed by atoms with Crippen molar-refractivity contribution in [3.63, 3.8) is 0 Å². The third-order valence-corrected chi connectivity index (χ3v) is 13.3. The van der Waals surface area contributed by atoms with Gasteiger partial charge in [0.2, 0.25) is 0 Å². The van der Waals surface area contributed by atoms with Crippen molar-refractivity contribution in [3.8, 4) is 0 Å². The van der Waals surface area contributed by atoms with Crippen LogP contribution in [0.2, 0.25) is 0 Å². The molecule has 4 saturated carbocycles. The van der Waals surface area contributed by atoms with Gasteiger partial charge in [0.25, 0.3) is 0 Å². The van der Waals surface area contributed by atoms with E-state index in [1.54, 1.807) is 0 Å². The molecule has 0 amide bonds. The molecule has 0 aromatic carbocycles. The number of rotatable bonds is 4. The van der Waals surface area contributed by atoms with Crippen molar-refractivity contribution in [1.29, 1.82) is 0 Å². The zero-order chi connectivity index (χ0) is 20.9. The second-order valence-corrected chi connectivity index (χ2v) is 14.4. The highest BCUT2D eigenvalue weighted by molar-refractivity contribution is 7.54. The summed E-state index contributed by atoms with van der Waals surface area (Å²) >= 11 is 0. The summed E-state index contributed by atoms with van der Waals surface area (Å²) in [5.41, 5.74) is 0.507. The minimum atomic E-state index is -2.76. The molecule has 0 aromatic heterocycles. The van der Waals surface area contributed by atoms with Crippen LogP contribution in [0.1, 0.15) is 72.1 Å². The standard InChI is InChI=1S/C24H39N2O3P/c1-16-15-24(3)17(14-21(16)27)4-5-18-19-6-7-22(23(19,2)9-8-20(18)24)29-30(28,25-10-11-25)26-12-13-26/h16-20,22H,4-15H2,1-3H3/t16-,17+,18+,19+,20+,22+,23+,24+/m1/s1. The highest BCUT2D eigenvalue weighted by Gasteiger charge is 2.63. The first-order valence-corrected chi connectivity index (χ1v) is 14.1. The fraction of sp³-hybridized carbons (Fsp3) is 0.958. The van der Waals surface area contributed by atoms with E-state index < -0.39 is 7.67 Å². The Morgan fingerprint density at radius 2 is 1.60 bits per heavy atom. The van der Waals surface area contributed by atoms with Gasteiger partial charge in [-0.2, -0.15) is 0 Å². The van der Waals surface area contributed by atoms with E-state index >= 15 is 0 Å². The molecule has 0 aromatic rings. The van der Waals surface area contributed by atoms with Crippen molar-refractivity contribution in [3.05, 3.63) is 0 Å². The molecule has 0 unspecified atom stereocenters. The zero-order valence-corrected chi connectivity index (χ0v) is 19.9. The molecule has 6 heteroatoms. The molecular formula is C24H39N2O3P. The van der Waals surface area contributed by atoms with Crippen LogP contribution in [0, 0.1) is 40.4 Å². The molecule has 2 aliphatic heterocycles. The number of carbonyl (C=O) groups is 1. The monoisotopic (exact) mass is 434 g/mol. The summed E-state index contributed by atoms with van der Waals surface area (Å²) in [6.45, 7) is 10.9. The lowest BCUT2D eigenvalue weighted by Gasteiger charge is -2.60. The van der Waals surface area contributed by atoms with Crippen LogP contribution in [0.3, 0.4) is 0 Å². The van der Waals surface area contributed by atoms with Gasteiger partial charge in [0.1, 0.15) is 5.78 Å². The normalized spacial score (nSPS) is 51.2. The van der Waals surface area contributed by atoms with E-state index in [2.05, 4.69) is 30.1 Å². The molecular weight excluding hydrogens is 395 g/mol. The molecule has 0 radical (unpaired) electrons. The number of ketones is 1. The van der Waals surface area contributed by atoms with E-state index in [4.69, 9.17) is 4.52 Å². The van der Waals surface area contributed by atoms with Crippen LogP contribution < -0.4 is 0 Å². The van der Waals surface area contributed by atoms with Crippen LogP contribution in [-0.4, -0.2) is 47.4 Å². The van der Waals surface area contributed by atoms with Gasteiger partial charge < -0.3 is 4.52 Å². The first-order chi connectivity index (χ1) is 14.3. The molecule has 2 saturated heterocycles. The number of hydrogen-bond donors (Lipinski definition) is 0. The van der Waals surface area contributed by atoms with Gasteiger partial charge in [-0.25, -0.2) is 9.34 Å². The maximum atomic E-state index is 13.7. The fourth-order valence-electron chi connectivity index (χ4n) is 8.60. The van der Waals surface area contributed by atoms with Crippen molar-refractivity contribution in [2.45, 2.75) is 78.2 Å². The summed E-state index contributed by atoms with van der Waals surface area (Å²) in [7, 11) is -2.76. The lowest BCUT2D eigenvalue weighted by atomic mass is 9.44. The quantitative estimate of drug-likeness (QED) is 0.462. The molecule has 168 valence electrons. The molecule has 6 rings (SSSR count). The van der Waals surface area contributed by atoms with Gasteiger partial charge in [-0.3, -0.25) is 9.36 Å². The van der Waals surface area contributed by atoms with E-state index in [9.17, 15) is 9.36 Å². The minimum Gasteiger partial charge on any atom is -0.302 e. The smallest absolute Gasteiger partial charge is 0.302 e. The average Bonchev–Trinajstić information content (AvgIpc) is 3.60. The van der Waals surface area contributed by atoms with Crippen LogP contribution in [-0.2, 0) is 13.9 Å². The second-order valence-electron chi connectivity index (χ2n) is 12.0. The van der Waals surface area contributed by atoms with E-state index in [0.717, 1.165) is 57.3 Å². The Hall–Kier alpha value is -0.220. The zero-order valence-electron chi connectivity index (χ0n) is 19.0. The maximum absolute atomic E-state index is 13.7. The Morgan fingerprint density at radius 3 is 2.27 bits per heavy atom. The van der Waals surface area contributed by atoms with Gasteiger partial charge in [0, 0.05) is 38.5 Å². The van der Waals surface area contributed by atoms with Crippen LogP contribution >= 0.6 is 7.67 Å². The van der Waals surface area contributed by atoms with E-state index in [0.29, 0.717) is 23.0 Å². The van der Waals surface area contributed by atoms with Crippen molar-refractivity contribution in [1.82, 2.24) is 9.34 Å². The SMILES string of the molecule is C[C@@H]1C[C@@]2(C)[C@@H](CC[C@@H]3[C@@H]2CC[C@]2(C)[C@@H](OP(=O)(N4CC4)N4CC4)CC[C@@H]32)CC1=O. The van der Waals surface area contributed by atoms with Gasteiger partial charge in [-0.15, -0.1) is 0 Å². The van der Waals surface area contributed by atoms with Crippen LogP contribution in [0.15, 0.2) is 0 Å². The van der Waals surface area contributed by atoms with E-state index in [1.807, 2.05) is 0 Å². The summed E-state index contributed by atoms with van der Waals surface area (Å²) < 4.78 is 24.5. The van der Waals surface area contributed by atoms with Crippen molar-refractivity contribution in [2.75, 3.05) is 26.2 Å². The highest BCUT2D eigenvalue weighted by Crippen LogP contribution is 2.70. The summed E-state index contributed by atoms with van der Waals surface area (Å²) in [6.07, 6.45) is 9.36. The second kappa shape index (κ2) is 6.65. The number of nitrogens with zero attached hydrogens (tertiary/aromatic N) is 2. The van der Waals surface area contributed by atoms with Gasteiger partial charge >= 0.3 is 7.67 Å². The predicted octanol–water partition coefficient (Wildman–Crippen LogP) is 4.97. The van der Waals surface area contributed by atoms with Crippen molar-refractivity contribution >= 4 is 13.5 Å². The summed E-state index contributed by atoms with van der Waals surface area (Å²) in [5, 5.41) is 0. The van der Waals surface area contributed by atoms with Gasteiger partial charge in [0.15, 0.2) is 0 Å². The first kappa shape index (κ1) is 20.4. The average molecular weight is 435 g/mol. The van der Waals surface area contributed by atoms with E-state index in [1.165, 1.54) is 32.1 Å². The van der Waals surface area contributed by atoms with Gasteiger partial charge in [-0.05, 0) is 79.4 Å². The van der Waals surface area contributed by atoms with Crippen molar-refractivity contribution < 1.29 is 13.9 Å². The third kappa shape index (κ3) is 2.84. The topological polar surface area (TPSA) is 49.4 Å². The maximum Gasteiger partial charge on any atom is 0.346 e. The minimum absolute atomic E-state index is 0.146. The summed E-state index contributed by atoms with van der Waals surface area (Å²) in [6, 6.07) is 0. The molecule has 6 aliphatic rings. The largest absolute Gasteiger partial charge is 0.346 e. The first-order valence-electron chi connectivity index (χ1n) is 12.6. The number of carbonyl (C=O) groups excluding carboxylic acids is 1. The number of Topliss-reactive ketones (excluding diaryl/α,β-unsaturated/α-hetero) is 1. The van der Waals surface area contributed by atoms with E-state index in [-0.39, 0.29) is 17.4 Å². The Labute approximate surface area is 181 Å². The molecule has 8 atom stereocenters. The molecule has 5 nitrogen and oxygen atoms in total. The van der Waals surface area contributed by atoms with Crippen LogP contribution in [0.25, 0.3) is 0 Å². The molecule has 2 heterocycles. The molecule has 0 spiro atoms. The van der Waals surface area contributed by atoms with Crippen molar-refractivity contribution in [2.24, 2.45) is 40.4 Å². The van der Waals surface area contributed by atoms with Crippen LogP contribution in [0.5, 0.6) is 0 Å². The molecule has 0 N–H and O–H groups in total. The third-order valence-electron chi connectivity index (χ3n) is 10.5. The Bertz CT molecular complexity index is 779. The van der Waals surface area contributed by atoms with Crippen LogP contribution in [0.4, 0.5) is 0 Å². The fourth-order valence-corrected chi connectivity index (χ4v) is 11.1. The van der Waals surface area contributed by atoms with Gasteiger partial charge in [0.05, 0.1) is 6.10 Å². The Kier molecular flexibility index (Phi) is 4.52. The summed E-state index contributed by atoms with van der Waals surface area (Å²) in [5.74, 6) is 3.57. The molecule has 30 heavy (non-hydrogen) atoms. The molecule has 0 bridgehead atoms. The Balaban J connectivity index is 1.24. The predicted molar refractivity (Wildman–Crippen MR) is 117 cm³/mol. The molecule has 6 fully saturated rings.